The Morgan fingerprint density at radius 2 is 1.44 bits per heavy atom. The number of nitrogens with zero attached hydrogens (tertiary/aromatic N) is 1. The monoisotopic (exact) mass is 241 g/mol. The minimum absolute atomic E-state index is 1.07. The average Bonchev–Trinajstić information content (AvgIpc) is 2.31. The predicted molar refractivity (Wildman–Crippen MR) is 76.6 cm³/mol. The maximum absolute atomic E-state index is 4.76. The van der Waals surface area contributed by atoms with Crippen LogP contribution in [0.4, 0.5) is 0 Å². The first-order chi connectivity index (χ1) is 7.93. The molecule has 0 amide bonds. The van der Waals surface area contributed by atoms with Crippen molar-refractivity contribution in [3.63, 3.8) is 0 Å². The Bertz CT molecular complexity index is 189. The molecule has 2 heteroatoms. The summed E-state index contributed by atoms with van der Waals surface area (Å²) in [6.45, 7) is 3.30. The van der Waals surface area contributed by atoms with Crippen molar-refractivity contribution in [3.8, 4) is 0 Å². The van der Waals surface area contributed by atoms with Gasteiger partial charge in [0.15, 0.2) is 0 Å². The van der Waals surface area contributed by atoms with Crippen LogP contribution in [0.15, 0.2) is 4.99 Å². The van der Waals surface area contributed by atoms with Gasteiger partial charge in [-0.25, -0.2) is 0 Å². The quantitative estimate of drug-likeness (QED) is 0.625. The van der Waals surface area contributed by atoms with Crippen LogP contribution in [-0.2, 0) is 0 Å². The lowest BCUT2D eigenvalue weighted by Crippen LogP contribution is -1.96. The number of hydrogen-bond donors (Lipinski definition) is 0. The molecule has 0 radical (unpaired) electrons. The number of rotatable bonds is 1. The second-order valence-electron chi connectivity index (χ2n) is 4.64. The molecule has 1 heterocycles. The van der Waals surface area contributed by atoms with Crippen molar-refractivity contribution in [3.05, 3.63) is 0 Å². The molecule has 0 unspecified atom stereocenters. The fraction of sp³-hybridized carbons (Fsp3) is 0.929. The highest BCUT2D eigenvalue weighted by molar-refractivity contribution is 8.13. The van der Waals surface area contributed by atoms with Gasteiger partial charge in [0.25, 0.3) is 0 Å². The third-order valence-corrected chi connectivity index (χ3v) is 4.10. The summed E-state index contributed by atoms with van der Waals surface area (Å²) in [7, 11) is 0. The summed E-state index contributed by atoms with van der Waals surface area (Å²) >= 11 is 1.96. The number of aliphatic imine (C=N–C) groups is 1. The van der Waals surface area contributed by atoms with Gasteiger partial charge in [0.2, 0.25) is 0 Å². The van der Waals surface area contributed by atoms with E-state index in [1.54, 1.807) is 0 Å². The topological polar surface area (TPSA) is 12.4 Å². The van der Waals surface area contributed by atoms with Crippen molar-refractivity contribution in [2.24, 2.45) is 4.99 Å². The van der Waals surface area contributed by atoms with Crippen LogP contribution in [0.25, 0.3) is 0 Å². The third kappa shape index (κ3) is 7.32. The van der Waals surface area contributed by atoms with Crippen LogP contribution in [0.1, 0.15) is 71.1 Å². The van der Waals surface area contributed by atoms with Gasteiger partial charge in [-0.05, 0) is 25.0 Å². The summed E-state index contributed by atoms with van der Waals surface area (Å²) < 4.78 is 0. The Labute approximate surface area is 105 Å². The Morgan fingerprint density at radius 1 is 0.875 bits per heavy atom. The van der Waals surface area contributed by atoms with Gasteiger partial charge in [0.05, 0.1) is 5.04 Å². The molecule has 0 fully saturated rings. The molecular weight excluding hydrogens is 214 g/mol. The van der Waals surface area contributed by atoms with Gasteiger partial charge >= 0.3 is 0 Å². The molecule has 16 heavy (non-hydrogen) atoms. The first-order valence-electron chi connectivity index (χ1n) is 7.09. The standard InChI is InChI=1S/C14H27NS/c1-2-16-14-12-10-8-6-4-3-5-7-9-11-13-15-14/h2-13H2,1H3. The zero-order valence-corrected chi connectivity index (χ0v) is 11.7. The molecule has 0 atom stereocenters. The van der Waals surface area contributed by atoms with Gasteiger partial charge in [-0.2, -0.15) is 0 Å². The molecule has 1 aliphatic heterocycles. The second-order valence-corrected chi connectivity index (χ2v) is 5.98. The molecule has 0 N–H and O–H groups in total. The first-order valence-corrected chi connectivity index (χ1v) is 8.08. The molecule has 0 saturated carbocycles. The minimum atomic E-state index is 1.07. The lowest BCUT2D eigenvalue weighted by atomic mass is 10.1. The van der Waals surface area contributed by atoms with E-state index in [0.29, 0.717) is 0 Å². The lowest BCUT2D eigenvalue weighted by Gasteiger charge is -2.04. The van der Waals surface area contributed by atoms with Crippen molar-refractivity contribution in [1.82, 2.24) is 0 Å². The molecule has 1 nitrogen and oxygen atoms in total. The molecule has 0 aliphatic carbocycles. The maximum atomic E-state index is 4.76. The van der Waals surface area contributed by atoms with Crippen molar-refractivity contribution >= 4 is 16.8 Å². The number of hydrogen-bond acceptors (Lipinski definition) is 2. The van der Waals surface area contributed by atoms with Crippen LogP contribution in [0.3, 0.4) is 0 Å². The van der Waals surface area contributed by atoms with Crippen LogP contribution < -0.4 is 0 Å². The maximum Gasteiger partial charge on any atom is 0.0675 e. The van der Waals surface area contributed by atoms with Crippen molar-refractivity contribution in [2.75, 3.05) is 12.3 Å². The molecule has 1 rings (SSSR count). The Hall–Kier alpha value is 0.0200. The fourth-order valence-corrected chi connectivity index (χ4v) is 3.00. The molecule has 1 aliphatic rings. The molecule has 0 spiro atoms. The molecule has 0 aromatic carbocycles. The highest BCUT2D eigenvalue weighted by Crippen LogP contribution is 2.16. The van der Waals surface area contributed by atoms with Crippen LogP contribution in [0.2, 0.25) is 0 Å². The van der Waals surface area contributed by atoms with E-state index < -0.39 is 0 Å². The average molecular weight is 241 g/mol. The van der Waals surface area contributed by atoms with E-state index in [2.05, 4.69) is 6.92 Å². The van der Waals surface area contributed by atoms with Crippen LogP contribution >= 0.6 is 11.8 Å². The van der Waals surface area contributed by atoms with Crippen LogP contribution in [0.5, 0.6) is 0 Å². The van der Waals surface area contributed by atoms with E-state index in [9.17, 15) is 0 Å². The van der Waals surface area contributed by atoms with Crippen LogP contribution in [0, 0.1) is 0 Å². The summed E-state index contributed by atoms with van der Waals surface area (Å²) in [4.78, 5) is 4.76. The summed E-state index contributed by atoms with van der Waals surface area (Å²) in [5, 5.41) is 1.42. The highest BCUT2D eigenvalue weighted by Gasteiger charge is 2.01. The Kier molecular flexibility index (Phi) is 8.97. The van der Waals surface area contributed by atoms with E-state index in [0.717, 1.165) is 6.54 Å². The Balaban J connectivity index is 2.30. The van der Waals surface area contributed by atoms with Gasteiger partial charge in [-0.3, -0.25) is 4.99 Å². The van der Waals surface area contributed by atoms with Crippen LogP contribution in [-0.4, -0.2) is 17.3 Å². The van der Waals surface area contributed by atoms with E-state index in [1.165, 1.54) is 75.0 Å². The van der Waals surface area contributed by atoms with Crippen molar-refractivity contribution < 1.29 is 0 Å². The lowest BCUT2D eigenvalue weighted by molar-refractivity contribution is 0.567. The van der Waals surface area contributed by atoms with Gasteiger partial charge in [0, 0.05) is 6.54 Å². The smallest absolute Gasteiger partial charge is 0.0675 e. The third-order valence-electron chi connectivity index (χ3n) is 3.15. The largest absolute Gasteiger partial charge is 0.283 e. The van der Waals surface area contributed by atoms with Gasteiger partial charge < -0.3 is 0 Å². The van der Waals surface area contributed by atoms with Crippen molar-refractivity contribution in [2.45, 2.75) is 71.1 Å². The van der Waals surface area contributed by atoms with E-state index >= 15 is 0 Å². The molecule has 0 aromatic heterocycles. The fourth-order valence-electron chi connectivity index (χ4n) is 2.19. The molecule has 0 bridgehead atoms. The van der Waals surface area contributed by atoms with Gasteiger partial charge in [0.1, 0.15) is 0 Å². The molecular formula is C14H27NS. The molecule has 0 aromatic rings. The van der Waals surface area contributed by atoms with E-state index in [1.807, 2.05) is 11.8 Å². The Morgan fingerprint density at radius 3 is 2.06 bits per heavy atom. The number of thioether (sulfide) groups is 1. The highest BCUT2D eigenvalue weighted by atomic mass is 32.2. The van der Waals surface area contributed by atoms with Gasteiger partial charge in [-0.15, -0.1) is 11.8 Å². The second kappa shape index (κ2) is 10.2. The minimum Gasteiger partial charge on any atom is -0.283 e. The summed E-state index contributed by atoms with van der Waals surface area (Å²) in [5.41, 5.74) is 0. The van der Waals surface area contributed by atoms with Crippen molar-refractivity contribution in [1.29, 1.82) is 0 Å². The van der Waals surface area contributed by atoms with E-state index in [-0.39, 0.29) is 0 Å². The normalized spacial score (nSPS) is 21.4. The first kappa shape index (κ1) is 14.1. The zero-order chi connectivity index (χ0) is 11.5. The summed E-state index contributed by atoms with van der Waals surface area (Å²) in [6, 6.07) is 0. The predicted octanol–water partition coefficient (Wildman–Crippen LogP) is 5.05. The summed E-state index contributed by atoms with van der Waals surface area (Å²) in [5.74, 6) is 1.18. The zero-order valence-electron chi connectivity index (χ0n) is 10.8. The molecule has 94 valence electrons. The summed E-state index contributed by atoms with van der Waals surface area (Å²) in [6.07, 6.45) is 13.9. The molecule has 0 saturated heterocycles. The van der Waals surface area contributed by atoms with Gasteiger partial charge in [-0.1, -0.05) is 51.9 Å². The SMILES string of the molecule is CCSC1=NCCCCCCCCCCC1. The van der Waals surface area contributed by atoms with E-state index in [4.69, 9.17) is 4.99 Å².